The predicted molar refractivity (Wildman–Crippen MR) is 49.8 cm³/mol. The summed E-state index contributed by atoms with van der Waals surface area (Å²) >= 11 is 0. The van der Waals surface area contributed by atoms with Gasteiger partial charge in [0.2, 0.25) is 0 Å². The molecule has 2 rings (SSSR count). The van der Waals surface area contributed by atoms with Gasteiger partial charge in [-0.05, 0) is 19.3 Å². The van der Waals surface area contributed by atoms with E-state index in [-0.39, 0.29) is 12.6 Å². The highest BCUT2D eigenvalue weighted by atomic mass is 16.5. The number of aliphatic hydroxyl groups excluding tert-OH is 1. The first-order chi connectivity index (χ1) is 7.23. The van der Waals surface area contributed by atoms with Gasteiger partial charge in [-0.2, -0.15) is 0 Å². The number of nitrogens with zero attached hydrogens (tertiary/aromatic N) is 3. The Kier molecular flexibility index (Phi) is 2.44. The fourth-order valence-corrected chi connectivity index (χ4v) is 1.81. The van der Waals surface area contributed by atoms with Gasteiger partial charge in [0.05, 0.1) is 19.9 Å². The van der Waals surface area contributed by atoms with Crippen molar-refractivity contribution in [1.82, 2.24) is 15.0 Å². The second-order valence-electron chi connectivity index (χ2n) is 3.69. The quantitative estimate of drug-likeness (QED) is 0.702. The highest BCUT2D eigenvalue weighted by Gasteiger charge is 2.48. The molecular formula is C9H13N3O3. The maximum Gasteiger partial charge on any atom is 0.333 e. The number of aromatic nitrogens is 3. The summed E-state index contributed by atoms with van der Waals surface area (Å²) in [7, 11) is 1.37. The standard InChI is InChI=1S/C9H13N3O3/c1-15-8(14)9(3-2-4-9)12-5-7(6-13)10-11-12/h5,13H,2-4,6H2,1H3. The van der Waals surface area contributed by atoms with Crippen molar-refractivity contribution in [2.24, 2.45) is 0 Å². The van der Waals surface area contributed by atoms with E-state index in [0.717, 1.165) is 6.42 Å². The highest BCUT2D eigenvalue weighted by molar-refractivity contribution is 5.79. The summed E-state index contributed by atoms with van der Waals surface area (Å²) in [6, 6.07) is 0. The number of esters is 1. The molecule has 1 heterocycles. The smallest absolute Gasteiger partial charge is 0.333 e. The van der Waals surface area contributed by atoms with Crippen LogP contribution >= 0.6 is 0 Å². The van der Waals surface area contributed by atoms with Crippen LogP contribution < -0.4 is 0 Å². The molecule has 1 N–H and O–H groups in total. The van der Waals surface area contributed by atoms with Crippen LogP contribution in [0, 0.1) is 0 Å². The minimum Gasteiger partial charge on any atom is -0.467 e. The summed E-state index contributed by atoms with van der Waals surface area (Å²) in [6.07, 6.45) is 4.00. The fourth-order valence-electron chi connectivity index (χ4n) is 1.81. The molecule has 1 aliphatic carbocycles. The van der Waals surface area contributed by atoms with Crippen LogP contribution in [0.15, 0.2) is 6.20 Å². The van der Waals surface area contributed by atoms with Crippen molar-refractivity contribution in [3.05, 3.63) is 11.9 Å². The molecule has 0 amide bonds. The molecule has 0 aliphatic heterocycles. The maximum atomic E-state index is 11.6. The predicted octanol–water partition coefficient (Wildman–Crippen LogP) is -0.177. The Labute approximate surface area is 86.8 Å². The Hall–Kier alpha value is -1.43. The van der Waals surface area contributed by atoms with Crippen molar-refractivity contribution >= 4 is 5.97 Å². The van der Waals surface area contributed by atoms with E-state index in [1.807, 2.05) is 0 Å². The lowest BCUT2D eigenvalue weighted by Crippen LogP contribution is -2.48. The summed E-state index contributed by atoms with van der Waals surface area (Å²) in [6.45, 7) is -0.169. The van der Waals surface area contributed by atoms with E-state index in [4.69, 9.17) is 9.84 Å². The molecule has 1 saturated carbocycles. The van der Waals surface area contributed by atoms with Crippen LogP contribution in [0.3, 0.4) is 0 Å². The average Bonchev–Trinajstić information content (AvgIpc) is 2.64. The maximum absolute atomic E-state index is 11.6. The Bertz CT molecular complexity index is 370. The molecule has 0 saturated heterocycles. The molecule has 0 bridgehead atoms. The Morgan fingerprint density at radius 2 is 2.47 bits per heavy atom. The fraction of sp³-hybridized carbons (Fsp3) is 0.667. The first-order valence-electron chi connectivity index (χ1n) is 4.84. The van der Waals surface area contributed by atoms with E-state index < -0.39 is 5.54 Å². The topological polar surface area (TPSA) is 77.2 Å². The largest absolute Gasteiger partial charge is 0.467 e. The summed E-state index contributed by atoms with van der Waals surface area (Å²) < 4.78 is 6.27. The van der Waals surface area contributed by atoms with Crippen LogP contribution in [0.4, 0.5) is 0 Å². The number of hydrogen-bond donors (Lipinski definition) is 1. The number of aliphatic hydroxyl groups is 1. The molecule has 1 fully saturated rings. The van der Waals surface area contributed by atoms with Gasteiger partial charge in [-0.3, -0.25) is 0 Å². The average molecular weight is 211 g/mol. The molecule has 1 aromatic heterocycles. The van der Waals surface area contributed by atoms with Gasteiger partial charge >= 0.3 is 5.97 Å². The first kappa shape index (κ1) is 10.1. The molecule has 0 radical (unpaired) electrons. The first-order valence-corrected chi connectivity index (χ1v) is 4.84. The Morgan fingerprint density at radius 1 is 1.73 bits per heavy atom. The van der Waals surface area contributed by atoms with Crippen LogP contribution in [-0.4, -0.2) is 33.2 Å². The van der Waals surface area contributed by atoms with Gasteiger partial charge in [-0.1, -0.05) is 5.21 Å². The number of carbonyl (C=O) groups excluding carboxylic acids is 1. The molecule has 0 atom stereocenters. The van der Waals surface area contributed by atoms with Crippen molar-refractivity contribution in [2.75, 3.05) is 7.11 Å². The number of carbonyl (C=O) groups is 1. The third kappa shape index (κ3) is 1.41. The highest BCUT2D eigenvalue weighted by Crippen LogP contribution is 2.39. The van der Waals surface area contributed by atoms with Gasteiger partial charge in [0.15, 0.2) is 5.54 Å². The molecule has 0 aromatic carbocycles. The normalized spacial score (nSPS) is 18.3. The molecule has 6 nitrogen and oxygen atoms in total. The van der Waals surface area contributed by atoms with Gasteiger partial charge < -0.3 is 9.84 Å². The number of methoxy groups -OCH3 is 1. The summed E-state index contributed by atoms with van der Waals surface area (Å²) in [5, 5.41) is 16.5. The molecule has 6 heteroatoms. The zero-order valence-corrected chi connectivity index (χ0v) is 8.51. The Morgan fingerprint density at radius 3 is 2.87 bits per heavy atom. The third-order valence-corrected chi connectivity index (χ3v) is 2.89. The molecule has 1 aliphatic rings. The van der Waals surface area contributed by atoms with Gasteiger partial charge in [0.25, 0.3) is 0 Å². The van der Waals surface area contributed by atoms with Crippen molar-refractivity contribution in [3.63, 3.8) is 0 Å². The molecule has 0 spiro atoms. The van der Waals surface area contributed by atoms with Crippen molar-refractivity contribution in [1.29, 1.82) is 0 Å². The van der Waals surface area contributed by atoms with E-state index in [0.29, 0.717) is 18.5 Å². The van der Waals surface area contributed by atoms with Crippen LogP contribution in [0.5, 0.6) is 0 Å². The summed E-state index contributed by atoms with van der Waals surface area (Å²) in [5.74, 6) is -0.289. The summed E-state index contributed by atoms with van der Waals surface area (Å²) in [4.78, 5) is 11.6. The molecule has 15 heavy (non-hydrogen) atoms. The zero-order valence-electron chi connectivity index (χ0n) is 8.51. The van der Waals surface area contributed by atoms with E-state index in [9.17, 15) is 4.79 Å². The number of rotatable bonds is 3. The molecule has 82 valence electrons. The van der Waals surface area contributed by atoms with E-state index in [2.05, 4.69) is 10.3 Å². The van der Waals surface area contributed by atoms with Gasteiger partial charge in [-0.25, -0.2) is 9.48 Å². The van der Waals surface area contributed by atoms with E-state index in [1.165, 1.54) is 11.8 Å². The van der Waals surface area contributed by atoms with Gasteiger partial charge in [0.1, 0.15) is 5.69 Å². The molecular weight excluding hydrogens is 198 g/mol. The van der Waals surface area contributed by atoms with Crippen LogP contribution in [0.2, 0.25) is 0 Å². The van der Waals surface area contributed by atoms with Crippen molar-refractivity contribution in [3.8, 4) is 0 Å². The lowest BCUT2D eigenvalue weighted by molar-refractivity contribution is -0.157. The van der Waals surface area contributed by atoms with Crippen molar-refractivity contribution in [2.45, 2.75) is 31.4 Å². The van der Waals surface area contributed by atoms with Crippen LogP contribution in [0.1, 0.15) is 25.0 Å². The molecule has 1 aromatic rings. The lowest BCUT2D eigenvalue weighted by atomic mass is 9.77. The monoisotopic (exact) mass is 211 g/mol. The van der Waals surface area contributed by atoms with Crippen LogP contribution in [0.25, 0.3) is 0 Å². The zero-order chi connectivity index (χ0) is 10.9. The lowest BCUT2D eigenvalue weighted by Gasteiger charge is -2.38. The molecule has 0 unspecified atom stereocenters. The van der Waals surface area contributed by atoms with E-state index in [1.54, 1.807) is 6.20 Å². The summed E-state index contributed by atoms with van der Waals surface area (Å²) in [5.41, 5.74) is -0.222. The second-order valence-corrected chi connectivity index (χ2v) is 3.69. The van der Waals surface area contributed by atoms with Gasteiger partial charge in [0, 0.05) is 0 Å². The number of hydrogen-bond acceptors (Lipinski definition) is 5. The Balaban J connectivity index is 2.29. The van der Waals surface area contributed by atoms with Crippen LogP contribution in [-0.2, 0) is 21.7 Å². The minimum absolute atomic E-state index is 0.169. The van der Waals surface area contributed by atoms with E-state index >= 15 is 0 Å². The third-order valence-electron chi connectivity index (χ3n) is 2.89. The minimum atomic E-state index is -0.685. The van der Waals surface area contributed by atoms with Gasteiger partial charge in [-0.15, -0.1) is 5.10 Å². The SMILES string of the molecule is COC(=O)C1(n2cc(CO)nn2)CCC1. The number of ether oxygens (including phenoxy) is 1. The second kappa shape index (κ2) is 3.62. The van der Waals surface area contributed by atoms with Crippen molar-refractivity contribution < 1.29 is 14.6 Å².